The van der Waals surface area contributed by atoms with E-state index in [2.05, 4.69) is 20.8 Å². The molecule has 4 nitrogen and oxygen atoms in total. The summed E-state index contributed by atoms with van der Waals surface area (Å²) >= 11 is 0. The van der Waals surface area contributed by atoms with Gasteiger partial charge in [0.05, 0.1) is 18.8 Å². The van der Waals surface area contributed by atoms with Gasteiger partial charge in [-0.05, 0) is 30.0 Å². The Morgan fingerprint density at radius 3 is 2.43 bits per heavy atom. The molecule has 1 aromatic rings. The maximum Gasteiger partial charge on any atom is 0.254 e. The van der Waals surface area contributed by atoms with Gasteiger partial charge in [0.2, 0.25) is 0 Å². The summed E-state index contributed by atoms with van der Waals surface area (Å²) in [6.45, 7) is 9.33. The standard InChI is InChI=1S/C17H25NO3/c1-12-9-18(10-15(11-19)21-12)16(20)13-5-7-14(8-6-13)17(2,3)4/h5-8,12,15,19H,9-11H2,1-4H3. The van der Waals surface area contributed by atoms with E-state index >= 15 is 0 Å². The molecule has 1 saturated heterocycles. The van der Waals surface area contributed by atoms with Gasteiger partial charge in [-0.25, -0.2) is 0 Å². The summed E-state index contributed by atoms with van der Waals surface area (Å²) in [6, 6.07) is 7.80. The van der Waals surface area contributed by atoms with E-state index in [1.54, 1.807) is 4.90 Å². The zero-order valence-corrected chi connectivity index (χ0v) is 13.3. The molecule has 0 radical (unpaired) electrons. The molecular weight excluding hydrogens is 266 g/mol. The van der Waals surface area contributed by atoms with Gasteiger partial charge in [-0.15, -0.1) is 0 Å². The number of hydrogen-bond donors (Lipinski definition) is 1. The first-order chi connectivity index (χ1) is 9.81. The smallest absolute Gasteiger partial charge is 0.254 e. The minimum absolute atomic E-state index is 0.00376. The van der Waals surface area contributed by atoms with Crippen molar-refractivity contribution in [3.63, 3.8) is 0 Å². The minimum atomic E-state index is -0.286. The maximum absolute atomic E-state index is 12.6. The summed E-state index contributed by atoms with van der Waals surface area (Å²) in [5.74, 6) is 0.00376. The Bertz CT molecular complexity index is 490. The van der Waals surface area contributed by atoms with E-state index in [-0.39, 0.29) is 30.1 Å². The van der Waals surface area contributed by atoms with Crippen LogP contribution in [0.5, 0.6) is 0 Å². The molecule has 1 heterocycles. The van der Waals surface area contributed by atoms with Gasteiger partial charge in [0.25, 0.3) is 5.91 Å². The van der Waals surface area contributed by atoms with Crippen molar-refractivity contribution in [1.82, 2.24) is 4.90 Å². The van der Waals surface area contributed by atoms with Gasteiger partial charge in [0.15, 0.2) is 0 Å². The minimum Gasteiger partial charge on any atom is -0.394 e. The highest BCUT2D eigenvalue weighted by Gasteiger charge is 2.28. The number of ether oxygens (including phenoxy) is 1. The van der Waals surface area contributed by atoms with Crippen molar-refractivity contribution in [3.8, 4) is 0 Å². The fourth-order valence-electron chi connectivity index (χ4n) is 2.61. The van der Waals surface area contributed by atoms with Crippen molar-refractivity contribution in [2.24, 2.45) is 0 Å². The highest BCUT2D eigenvalue weighted by molar-refractivity contribution is 5.94. The SMILES string of the molecule is CC1CN(C(=O)c2ccc(C(C)(C)C)cc2)CC(CO)O1. The van der Waals surface area contributed by atoms with Crippen molar-refractivity contribution in [1.29, 1.82) is 0 Å². The van der Waals surface area contributed by atoms with Crippen LogP contribution in [0.2, 0.25) is 0 Å². The number of morpholine rings is 1. The quantitative estimate of drug-likeness (QED) is 0.909. The van der Waals surface area contributed by atoms with Crippen LogP contribution >= 0.6 is 0 Å². The second-order valence-electron chi connectivity index (χ2n) is 6.79. The summed E-state index contributed by atoms with van der Waals surface area (Å²) in [7, 11) is 0. The number of carbonyl (C=O) groups is 1. The van der Waals surface area contributed by atoms with Crippen LogP contribution in [0.25, 0.3) is 0 Å². The van der Waals surface area contributed by atoms with Crippen LogP contribution in [0.1, 0.15) is 43.6 Å². The summed E-state index contributed by atoms with van der Waals surface area (Å²) in [5.41, 5.74) is 1.98. The van der Waals surface area contributed by atoms with Gasteiger partial charge >= 0.3 is 0 Å². The monoisotopic (exact) mass is 291 g/mol. The Hall–Kier alpha value is -1.39. The number of aliphatic hydroxyl groups excluding tert-OH is 1. The van der Waals surface area contributed by atoms with Gasteiger partial charge in [0, 0.05) is 18.7 Å². The molecule has 0 aromatic heterocycles. The third-order valence-electron chi connectivity index (χ3n) is 3.82. The lowest BCUT2D eigenvalue weighted by Gasteiger charge is -2.36. The normalized spacial score (nSPS) is 23.2. The zero-order chi connectivity index (χ0) is 15.6. The molecule has 1 N–H and O–H groups in total. The lowest BCUT2D eigenvalue weighted by molar-refractivity contribution is -0.0858. The molecule has 2 unspecified atom stereocenters. The first-order valence-electron chi connectivity index (χ1n) is 7.47. The van der Waals surface area contributed by atoms with E-state index in [1.807, 2.05) is 31.2 Å². The molecule has 1 amide bonds. The van der Waals surface area contributed by atoms with Crippen molar-refractivity contribution in [2.75, 3.05) is 19.7 Å². The average Bonchev–Trinajstić information content (AvgIpc) is 2.45. The third-order valence-corrected chi connectivity index (χ3v) is 3.82. The van der Waals surface area contributed by atoms with E-state index in [1.165, 1.54) is 5.56 Å². The Kier molecular flexibility index (Phi) is 4.69. The molecule has 0 aliphatic carbocycles. The predicted octanol–water partition coefficient (Wildman–Crippen LogP) is 2.21. The van der Waals surface area contributed by atoms with Crippen LogP contribution < -0.4 is 0 Å². The summed E-state index contributed by atoms with van der Waals surface area (Å²) in [6.07, 6.45) is -0.333. The topological polar surface area (TPSA) is 49.8 Å². The number of hydrogen-bond acceptors (Lipinski definition) is 3. The van der Waals surface area contributed by atoms with Crippen LogP contribution in [0, 0.1) is 0 Å². The van der Waals surface area contributed by atoms with Crippen LogP contribution in [0.15, 0.2) is 24.3 Å². The van der Waals surface area contributed by atoms with E-state index in [0.717, 1.165) is 0 Å². The van der Waals surface area contributed by atoms with Gasteiger partial charge in [-0.2, -0.15) is 0 Å². The van der Waals surface area contributed by atoms with Crippen LogP contribution in [0.4, 0.5) is 0 Å². The number of carbonyl (C=O) groups excluding carboxylic acids is 1. The van der Waals surface area contributed by atoms with Gasteiger partial charge in [-0.3, -0.25) is 4.79 Å². The van der Waals surface area contributed by atoms with Crippen molar-refractivity contribution in [3.05, 3.63) is 35.4 Å². The summed E-state index contributed by atoms with van der Waals surface area (Å²) < 4.78 is 5.57. The molecule has 4 heteroatoms. The number of rotatable bonds is 2. The molecule has 0 bridgehead atoms. The molecule has 116 valence electrons. The van der Waals surface area contributed by atoms with Gasteiger partial charge < -0.3 is 14.7 Å². The van der Waals surface area contributed by atoms with Gasteiger partial charge in [0.1, 0.15) is 0 Å². The largest absolute Gasteiger partial charge is 0.394 e. The molecule has 21 heavy (non-hydrogen) atoms. The Morgan fingerprint density at radius 1 is 1.29 bits per heavy atom. The highest BCUT2D eigenvalue weighted by atomic mass is 16.5. The average molecular weight is 291 g/mol. The molecule has 0 spiro atoms. The van der Waals surface area contributed by atoms with Crippen molar-refractivity contribution in [2.45, 2.75) is 45.3 Å². The molecular formula is C17H25NO3. The zero-order valence-electron chi connectivity index (χ0n) is 13.3. The van der Waals surface area contributed by atoms with E-state index in [0.29, 0.717) is 18.7 Å². The predicted molar refractivity (Wildman–Crippen MR) is 82.5 cm³/mol. The first kappa shape index (κ1) is 16.0. The van der Waals surface area contributed by atoms with E-state index in [4.69, 9.17) is 4.74 Å². The lowest BCUT2D eigenvalue weighted by atomic mass is 9.86. The molecule has 0 saturated carbocycles. The Labute approximate surface area is 126 Å². The Balaban J connectivity index is 2.12. The van der Waals surface area contributed by atoms with Gasteiger partial charge in [-0.1, -0.05) is 32.9 Å². The Morgan fingerprint density at radius 2 is 1.90 bits per heavy atom. The van der Waals surface area contributed by atoms with Crippen molar-refractivity contribution >= 4 is 5.91 Å². The summed E-state index contributed by atoms with van der Waals surface area (Å²) in [4.78, 5) is 14.3. The summed E-state index contributed by atoms with van der Waals surface area (Å²) in [5, 5.41) is 9.24. The molecule has 1 fully saturated rings. The molecule has 1 aliphatic heterocycles. The second-order valence-corrected chi connectivity index (χ2v) is 6.79. The number of benzene rings is 1. The molecule has 2 rings (SSSR count). The number of amides is 1. The van der Waals surface area contributed by atoms with E-state index < -0.39 is 0 Å². The lowest BCUT2D eigenvalue weighted by Crippen LogP contribution is -2.50. The van der Waals surface area contributed by atoms with Crippen LogP contribution in [-0.4, -0.2) is 47.8 Å². The third kappa shape index (κ3) is 3.83. The maximum atomic E-state index is 12.6. The first-order valence-corrected chi connectivity index (χ1v) is 7.47. The van der Waals surface area contributed by atoms with Crippen molar-refractivity contribution < 1.29 is 14.6 Å². The molecule has 1 aliphatic rings. The van der Waals surface area contributed by atoms with E-state index in [9.17, 15) is 9.90 Å². The molecule has 1 aromatic carbocycles. The second kappa shape index (κ2) is 6.16. The fraction of sp³-hybridized carbons (Fsp3) is 0.588. The highest BCUT2D eigenvalue weighted by Crippen LogP contribution is 2.23. The fourth-order valence-corrected chi connectivity index (χ4v) is 2.61. The number of aliphatic hydroxyl groups is 1. The number of nitrogens with zero attached hydrogens (tertiary/aromatic N) is 1. The molecule has 2 atom stereocenters. The van der Waals surface area contributed by atoms with Crippen LogP contribution in [0.3, 0.4) is 0 Å². The van der Waals surface area contributed by atoms with Crippen LogP contribution in [-0.2, 0) is 10.2 Å².